The van der Waals surface area contributed by atoms with Crippen LogP contribution in [0.2, 0.25) is 0 Å². The van der Waals surface area contributed by atoms with E-state index in [2.05, 4.69) is 36.0 Å². The predicted octanol–water partition coefficient (Wildman–Crippen LogP) is 3.83. The first-order valence-electron chi connectivity index (χ1n) is 8.55. The van der Waals surface area contributed by atoms with Crippen molar-refractivity contribution in [3.05, 3.63) is 65.7 Å². The normalized spacial score (nSPS) is 10.7. The number of nitrogens with zero attached hydrogens (tertiary/aromatic N) is 4. The van der Waals surface area contributed by atoms with Crippen LogP contribution >= 0.6 is 0 Å². The molecule has 0 aliphatic carbocycles. The van der Waals surface area contributed by atoms with E-state index in [1.807, 2.05) is 62.4 Å². The van der Waals surface area contributed by atoms with Crippen molar-refractivity contribution in [1.82, 2.24) is 25.3 Å². The van der Waals surface area contributed by atoms with Crippen LogP contribution in [0.1, 0.15) is 17.1 Å². The van der Waals surface area contributed by atoms with Crippen LogP contribution in [0.25, 0.3) is 11.3 Å². The maximum Gasteiger partial charge on any atom is 0.225 e. The van der Waals surface area contributed by atoms with Crippen LogP contribution in [0.4, 0.5) is 17.6 Å². The third kappa shape index (κ3) is 4.12. The number of nitrogens with one attached hydrogen (secondary N) is 3. The van der Waals surface area contributed by atoms with Gasteiger partial charge in [0.1, 0.15) is 11.5 Å². The van der Waals surface area contributed by atoms with Gasteiger partial charge in [-0.05, 0) is 13.8 Å². The number of aromatic amines is 1. The monoisotopic (exact) mass is 361 g/mol. The molecule has 0 atom stereocenters. The van der Waals surface area contributed by atoms with Crippen LogP contribution in [0, 0.1) is 13.8 Å². The molecule has 0 unspecified atom stereocenters. The Kier molecular flexibility index (Phi) is 4.52. The predicted molar refractivity (Wildman–Crippen MR) is 103 cm³/mol. The molecule has 136 valence electrons. The van der Waals surface area contributed by atoms with Gasteiger partial charge in [0.05, 0.1) is 6.54 Å². The van der Waals surface area contributed by atoms with Crippen molar-refractivity contribution in [1.29, 1.82) is 0 Å². The molecule has 0 bridgehead atoms. The molecule has 0 spiro atoms. The Morgan fingerprint density at radius 2 is 1.85 bits per heavy atom. The fourth-order valence-electron chi connectivity index (χ4n) is 2.63. The van der Waals surface area contributed by atoms with Crippen molar-refractivity contribution >= 4 is 17.6 Å². The van der Waals surface area contributed by atoms with E-state index in [0.717, 1.165) is 22.6 Å². The number of rotatable bonds is 6. The largest absolute Gasteiger partial charge is 0.359 e. The molecule has 1 aromatic carbocycles. The average Bonchev–Trinajstić information content (AvgIpc) is 3.29. The van der Waals surface area contributed by atoms with Crippen LogP contribution < -0.4 is 10.6 Å². The van der Waals surface area contributed by atoms with Gasteiger partial charge < -0.3 is 15.2 Å². The lowest BCUT2D eigenvalue weighted by atomic mass is 10.1. The molecule has 0 amide bonds. The minimum atomic E-state index is 0.435. The lowest BCUT2D eigenvalue weighted by molar-refractivity contribution is 0.390. The van der Waals surface area contributed by atoms with Crippen LogP contribution in [0.5, 0.6) is 0 Å². The van der Waals surface area contributed by atoms with Crippen LogP contribution in [0.15, 0.2) is 53.1 Å². The molecule has 27 heavy (non-hydrogen) atoms. The lowest BCUT2D eigenvalue weighted by Gasteiger charge is -2.07. The van der Waals surface area contributed by atoms with Gasteiger partial charge in [0, 0.05) is 35.2 Å². The minimum Gasteiger partial charge on any atom is -0.359 e. The topological polar surface area (TPSA) is 105 Å². The highest BCUT2D eigenvalue weighted by molar-refractivity contribution is 5.58. The Morgan fingerprint density at radius 1 is 1.00 bits per heavy atom. The van der Waals surface area contributed by atoms with Crippen molar-refractivity contribution in [2.75, 3.05) is 10.6 Å². The second kappa shape index (κ2) is 7.28. The zero-order valence-corrected chi connectivity index (χ0v) is 15.0. The minimum absolute atomic E-state index is 0.435. The standard InChI is InChI=1S/C19H19N7O/c1-12-8-17(22-18-9-13(2)24-25-18)23-19(21-12)20-11-15-10-16(26-27-15)14-6-4-3-5-7-14/h3-10H,11H2,1-2H3,(H3,20,21,22,23,24,25). The number of aromatic nitrogens is 5. The van der Waals surface area contributed by atoms with Gasteiger partial charge in [-0.3, -0.25) is 5.10 Å². The van der Waals surface area contributed by atoms with Gasteiger partial charge in [-0.25, -0.2) is 4.98 Å². The molecule has 0 saturated carbocycles. The van der Waals surface area contributed by atoms with Gasteiger partial charge >= 0.3 is 0 Å². The number of benzene rings is 1. The summed E-state index contributed by atoms with van der Waals surface area (Å²) in [6.45, 7) is 4.29. The zero-order chi connectivity index (χ0) is 18.6. The third-order valence-electron chi connectivity index (χ3n) is 3.87. The van der Waals surface area contributed by atoms with Crippen LogP contribution in [-0.4, -0.2) is 25.3 Å². The summed E-state index contributed by atoms with van der Waals surface area (Å²) >= 11 is 0. The summed E-state index contributed by atoms with van der Waals surface area (Å²) < 4.78 is 5.40. The first-order valence-corrected chi connectivity index (χ1v) is 8.55. The number of H-pyrrole nitrogens is 1. The van der Waals surface area contributed by atoms with E-state index in [9.17, 15) is 0 Å². The van der Waals surface area contributed by atoms with Crippen molar-refractivity contribution in [3.8, 4) is 11.3 Å². The smallest absolute Gasteiger partial charge is 0.225 e. The van der Waals surface area contributed by atoms with E-state index in [0.29, 0.717) is 29.9 Å². The molecule has 0 radical (unpaired) electrons. The lowest BCUT2D eigenvalue weighted by Crippen LogP contribution is -2.06. The van der Waals surface area contributed by atoms with Crippen molar-refractivity contribution in [2.45, 2.75) is 20.4 Å². The highest BCUT2D eigenvalue weighted by Gasteiger charge is 2.08. The Labute approximate surface area is 156 Å². The molecule has 4 aromatic rings. The number of hydrogen-bond acceptors (Lipinski definition) is 7. The van der Waals surface area contributed by atoms with E-state index in [1.165, 1.54) is 0 Å². The third-order valence-corrected chi connectivity index (χ3v) is 3.87. The van der Waals surface area contributed by atoms with Crippen molar-refractivity contribution in [2.24, 2.45) is 0 Å². The van der Waals surface area contributed by atoms with Gasteiger partial charge in [-0.2, -0.15) is 10.1 Å². The van der Waals surface area contributed by atoms with Crippen molar-refractivity contribution in [3.63, 3.8) is 0 Å². The van der Waals surface area contributed by atoms with Gasteiger partial charge in [-0.1, -0.05) is 35.5 Å². The molecule has 0 saturated heterocycles. The summed E-state index contributed by atoms with van der Waals surface area (Å²) in [5.41, 5.74) is 3.62. The average molecular weight is 361 g/mol. The zero-order valence-electron chi connectivity index (χ0n) is 15.0. The second-order valence-electron chi connectivity index (χ2n) is 6.18. The first-order chi connectivity index (χ1) is 13.2. The fourth-order valence-corrected chi connectivity index (χ4v) is 2.63. The quantitative estimate of drug-likeness (QED) is 0.479. The summed E-state index contributed by atoms with van der Waals surface area (Å²) in [4.78, 5) is 8.88. The molecular formula is C19H19N7O. The summed E-state index contributed by atoms with van der Waals surface area (Å²) in [6.07, 6.45) is 0. The second-order valence-corrected chi connectivity index (χ2v) is 6.18. The molecular weight excluding hydrogens is 342 g/mol. The molecule has 8 nitrogen and oxygen atoms in total. The Morgan fingerprint density at radius 3 is 2.63 bits per heavy atom. The highest BCUT2D eigenvalue weighted by Crippen LogP contribution is 2.20. The van der Waals surface area contributed by atoms with Crippen molar-refractivity contribution < 1.29 is 4.52 Å². The number of hydrogen-bond donors (Lipinski definition) is 3. The van der Waals surface area contributed by atoms with E-state index < -0.39 is 0 Å². The number of aryl methyl sites for hydroxylation is 2. The van der Waals surface area contributed by atoms with E-state index in [1.54, 1.807) is 0 Å². The van der Waals surface area contributed by atoms with E-state index in [-0.39, 0.29) is 0 Å². The first kappa shape index (κ1) is 16.8. The number of anilines is 3. The summed E-state index contributed by atoms with van der Waals surface area (Å²) in [7, 11) is 0. The van der Waals surface area contributed by atoms with Crippen LogP contribution in [-0.2, 0) is 6.54 Å². The van der Waals surface area contributed by atoms with Crippen LogP contribution in [0.3, 0.4) is 0 Å². The van der Waals surface area contributed by atoms with Gasteiger partial charge in [0.15, 0.2) is 11.6 Å². The molecule has 3 aromatic heterocycles. The van der Waals surface area contributed by atoms with E-state index in [4.69, 9.17) is 4.52 Å². The Hall–Kier alpha value is -3.68. The molecule has 0 aliphatic heterocycles. The Balaban J connectivity index is 1.44. The molecule has 3 heterocycles. The SMILES string of the molecule is Cc1cc(Nc2cc(C)[nH]n2)nc(NCc2cc(-c3ccccc3)no2)n1. The highest BCUT2D eigenvalue weighted by atomic mass is 16.5. The molecule has 0 fully saturated rings. The fraction of sp³-hybridized carbons (Fsp3) is 0.158. The molecule has 8 heteroatoms. The summed E-state index contributed by atoms with van der Waals surface area (Å²) in [6, 6.07) is 15.6. The molecule has 4 rings (SSSR count). The van der Waals surface area contributed by atoms with Gasteiger partial charge in [-0.15, -0.1) is 0 Å². The molecule has 3 N–H and O–H groups in total. The maximum atomic E-state index is 5.40. The van der Waals surface area contributed by atoms with Gasteiger partial charge in [0.25, 0.3) is 0 Å². The maximum absolute atomic E-state index is 5.40. The molecule has 0 aliphatic rings. The summed E-state index contributed by atoms with van der Waals surface area (Å²) in [5.74, 6) is 2.58. The summed E-state index contributed by atoms with van der Waals surface area (Å²) in [5, 5.41) is 17.5. The van der Waals surface area contributed by atoms with Gasteiger partial charge in [0.2, 0.25) is 5.95 Å². The van der Waals surface area contributed by atoms with E-state index >= 15 is 0 Å². The Bertz CT molecular complexity index is 1040.